The van der Waals surface area contributed by atoms with Crippen LogP contribution in [-0.2, 0) is 9.54 Å². The molecule has 0 aliphatic rings. The van der Waals surface area contributed by atoms with Crippen LogP contribution in [0.25, 0.3) is 10.6 Å². The maximum atomic E-state index is 13.2. The van der Waals surface area contributed by atoms with Crippen molar-refractivity contribution in [3.8, 4) is 10.6 Å². The van der Waals surface area contributed by atoms with Crippen LogP contribution in [0.3, 0.4) is 0 Å². The van der Waals surface area contributed by atoms with E-state index in [0.717, 1.165) is 5.56 Å². The lowest BCUT2D eigenvalue weighted by Crippen LogP contribution is -2.28. The molecule has 184 valence electrons. The standard InChI is InChI=1S/C30H25N4OS2/c1-34(29-33-32-28(37-29)23-12-11-20-31-22-23)27(35)19-21-36-30(24-13-5-2-6-14-24,25-15-7-3-8-16-25)26-17-9-4-10-18-26/h2-18,20,22H,1,19,21H2/q-1. The molecule has 2 heterocycles. The summed E-state index contributed by atoms with van der Waals surface area (Å²) in [6.45, 7) is 0. The highest BCUT2D eigenvalue weighted by atomic mass is 32.2. The first kappa shape index (κ1) is 24.9. The number of pyridine rings is 1. The van der Waals surface area contributed by atoms with Crippen molar-refractivity contribution in [3.63, 3.8) is 0 Å². The van der Waals surface area contributed by atoms with Crippen LogP contribution in [0.1, 0.15) is 23.1 Å². The Labute approximate surface area is 225 Å². The summed E-state index contributed by atoms with van der Waals surface area (Å²) in [6.07, 6.45) is 3.75. The van der Waals surface area contributed by atoms with Gasteiger partial charge in [-0.15, -0.1) is 22.0 Å². The van der Waals surface area contributed by atoms with Gasteiger partial charge in [0.25, 0.3) is 0 Å². The van der Waals surface area contributed by atoms with Gasteiger partial charge in [0.1, 0.15) is 0 Å². The molecule has 5 aromatic rings. The Kier molecular flexibility index (Phi) is 7.73. The molecular weight excluding hydrogens is 496 g/mol. The van der Waals surface area contributed by atoms with E-state index in [2.05, 4.69) is 95.0 Å². The Hall–Kier alpha value is -3.81. The molecule has 0 aliphatic heterocycles. The third-order valence-corrected chi connectivity index (χ3v) is 8.57. The molecule has 0 spiro atoms. The molecule has 5 rings (SSSR count). The lowest BCUT2D eigenvalue weighted by Gasteiger charge is -2.35. The maximum absolute atomic E-state index is 13.2. The summed E-state index contributed by atoms with van der Waals surface area (Å²) in [5.74, 6) is 0.488. The van der Waals surface area contributed by atoms with E-state index in [1.54, 1.807) is 24.2 Å². The smallest absolute Gasteiger partial charge is 0.200 e. The fourth-order valence-corrected chi connectivity index (χ4v) is 6.51. The van der Waals surface area contributed by atoms with E-state index in [4.69, 9.17) is 0 Å². The van der Waals surface area contributed by atoms with Crippen LogP contribution in [0.15, 0.2) is 116 Å². The fraction of sp³-hybridized carbons (Fsp3) is 0.100. The van der Waals surface area contributed by atoms with Gasteiger partial charge in [0.15, 0.2) is 16.0 Å². The summed E-state index contributed by atoms with van der Waals surface area (Å²) in [5, 5.41) is 9.58. The molecule has 2 aromatic heterocycles. The molecule has 3 aromatic carbocycles. The number of hydrogen-bond acceptors (Lipinski definition) is 6. The molecule has 0 atom stereocenters. The Morgan fingerprint density at radius 3 is 1.89 bits per heavy atom. The van der Waals surface area contributed by atoms with E-state index in [-0.39, 0.29) is 5.91 Å². The van der Waals surface area contributed by atoms with Gasteiger partial charge >= 0.3 is 0 Å². The van der Waals surface area contributed by atoms with Gasteiger partial charge in [-0.2, -0.15) is 0 Å². The molecule has 0 N–H and O–H groups in total. The van der Waals surface area contributed by atoms with Gasteiger partial charge in [-0.1, -0.05) is 102 Å². The monoisotopic (exact) mass is 521 g/mol. The van der Waals surface area contributed by atoms with Gasteiger partial charge in [0, 0.05) is 30.1 Å². The molecule has 0 saturated heterocycles. The quantitative estimate of drug-likeness (QED) is 0.157. The summed E-state index contributed by atoms with van der Waals surface area (Å²) < 4.78 is -0.466. The highest BCUT2D eigenvalue weighted by molar-refractivity contribution is 8.00. The second kappa shape index (κ2) is 11.5. The molecule has 0 fully saturated rings. The summed E-state index contributed by atoms with van der Waals surface area (Å²) in [4.78, 5) is 18.6. The minimum atomic E-state index is -0.466. The van der Waals surface area contributed by atoms with Gasteiger partial charge in [0.2, 0.25) is 0 Å². The van der Waals surface area contributed by atoms with Crippen molar-refractivity contribution in [1.82, 2.24) is 15.2 Å². The predicted molar refractivity (Wildman–Crippen MR) is 152 cm³/mol. The van der Waals surface area contributed by atoms with Gasteiger partial charge < -0.3 is 4.90 Å². The normalized spacial score (nSPS) is 11.3. The number of hydrogen-bond donors (Lipinski definition) is 0. The summed E-state index contributed by atoms with van der Waals surface area (Å²) in [5.41, 5.74) is 4.37. The predicted octanol–water partition coefficient (Wildman–Crippen LogP) is 6.84. The summed E-state index contributed by atoms with van der Waals surface area (Å²) in [6, 6.07) is 35.2. The Bertz CT molecular complexity index is 1330. The van der Waals surface area contributed by atoms with Crippen LogP contribution in [0.4, 0.5) is 5.13 Å². The van der Waals surface area contributed by atoms with Gasteiger partial charge in [-0.05, 0) is 28.8 Å². The van der Waals surface area contributed by atoms with Crippen LogP contribution in [0.5, 0.6) is 0 Å². The maximum Gasteiger partial charge on any atom is 0.200 e. The molecular formula is C30H25N4OS2-. The zero-order valence-corrected chi connectivity index (χ0v) is 21.7. The number of carbonyl (C=O) groups excluding carboxylic acids is 1. The molecule has 0 saturated carbocycles. The average molecular weight is 522 g/mol. The molecule has 37 heavy (non-hydrogen) atoms. The lowest BCUT2D eigenvalue weighted by atomic mass is 9.84. The largest absolute Gasteiger partial charge is 0.442 e. The van der Waals surface area contributed by atoms with Crippen LogP contribution >= 0.6 is 23.1 Å². The first-order valence-corrected chi connectivity index (χ1v) is 13.7. The number of carbonyl (C=O) groups is 1. The van der Waals surface area contributed by atoms with Crippen LogP contribution in [0, 0.1) is 7.05 Å². The SMILES string of the molecule is [CH2-]N(C(=O)CCSC(c1ccccc1)(c1ccccc1)c1ccccc1)c1nnc(-c2cccnc2)s1. The Morgan fingerprint density at radius 2 is 1.38 bits per heavy atom. The first-order valence-electron chi connectivity index (χ1n) is 11.9. The average Bonchev–Trinajstić information content (AvgIpc) is 3.47. The van der Waals surface area contributed by atoms with E-state index in [1.165, 1.54) is 32.9 Å². The van der Waals surface area contributed by atoms with Crippen LogP contribution in [-0.4, -0.2) is 26.8 Å². The molecule has 0 bridgehead atoms. The summed E-state index contributed by atoms with van der Waals surface area (Å²) in [7, 11) is 3.97. The zero-order chi connectivity index (χ0) is 25.5. The zero-order valence-electron chi connectivity index (χ0n) is 20.1. The Balaban J connectivity index is 1.39. The van der Waals surface area contributed by atoms with Gasteiger partial charge in [-0.25, -0.2) is 7.05 Å². The number of benzene rings is 3. The van der Waals surface area contributed by atoms with Gasteiger partial charge in [0.05, 0.1) is 4.75 Å². The fourth-order valence-electron chi connectivity index (χ4n) is 4.23. The van der Waals surface area contributed by atoms with Crippen molar-refractivity contribution in [2.45, 2.75) is 11.2 Å². The summed E-state index contributed by atoms with van der Waals surface area (Å²) >= 11 is 3.08. The minimum absolute atomic E-state index is 0.107. The van der Waals surface area contributed by atoms with E-state index in [1.807, 2.05) is 30.3 Å². The van der Waals surface area contributed by atoms with Crippen molar-refractivity contribution in [2.24, 2.45) is 0 Å². The number of anilines is 1. The molecule has 0 aliphatic carbocycles. The number of nitrogens with zero attached hydrogens (tertiary/aromatic N) is 4. The number of thioether (sulfide) groups is 1. The molecule has 0 radical (unpaired) electrons. The topological polar surface area (TPSA) is 59.0 Å². The lowest BCUT2D eigenvalue weighted by molar-refractivity contribution is -0.117. The third-order valence-electron chi connectivity index (χ3n) is 6.03. The van der Waals surface area contributed by atoms with E-state index < -0.39 is 4.75 Å². The number of aromatic nitrogens is 3. The van der Waals surface area contributed by atoms with E-state index in [0.29, 0.717) is 22.3 Å². The first-order chi connectivity index (χ1) is 18.2. The molecule has 1 amide bonds. The highest BCUT2D eigenvalue weighted by Crippen LogP contribution is 2.48. The molecule has 7 heteroatoms. The minimum Gasteiger partial charge on any atom is -0.442 e. The van der Waals surface area contributed by atoms with Crippen molar-refractivity contribution < 1.29 is 4.79 Å². The molecule has 5 nitrogen and oxygen atoms in total. The number of rotatable bonds is 9. The second-order valence-electron chi connectivity index (χ2n) is 8.33. The van der Waals surface area contributed by atoms with Crippen molar-refractivity contribution in [2.75, 3.05) is 10.7 Å². The highest BCUT2D eigenvalue weighted by Gasteiger charge is 2.36. The van der Waals surface area contributed by atoms with E-state index in [9.17, 15) is 4.79 Å². The van der Waals surface area contributed by atoms with Gasteiger partial charge in [-0.3, -0.25) is 9.78 Å². The number of amides is 1. The van der Waals surface area contributed by atoms with Crippen LogP contribution < -0.4 is 4.90 Å². The third kappa shape index (κ3) is 5.33. The molecule has 0 unspecified atom stereocenters. The van der Waals surface area contributed by atoms with Crippen molar-refractivity contribution >= 4 is 34.1 Å². The van der Waals surface area contributed by atoms with Crippen LogP contribution in [0.2, 0.25) is 0 Å². The van der Waals surface area contributed by atoms with Crippen molar-refractivity contribution in [3.05, 3.63) is 139 Å². The second-order valence-corrected chi connectivity index (χ2v) is 10.6. The van der Waals surface area contributed by atoms with E-state index >= 15 is 0 Å². The Morgan fingerprint density at radius 1 is 0.811 bits per heavy atom. The van der Waals surface area contributed by atoms with Crippen molar-refractivity contribution in [1.29, 1.82) is 0 Å².